The van der Waals surface area contributed by atoms with E-state index in [0.29, 0.717) is 44.6 Å². The van der Waals surface area contributed by atoms with Gasteiger partial charge in [0.05, 0.1) is 18.2 Å². The second-order valence-corrected chi connectivity index (χ2v) is 10.4. The van der Waals surface area contributed by atoms with E-state index in [2.05, 4.69) is 30.2 Å². The number of carbonyl (C=O) groups excluding carboxylic acids is 2. The molecule has 2 saturated heterocycles. The van der Waals surface area contributed by atoms with E-state index in [9.17, 15) is 19.5 Å². The van der Waals surface area contributed by atoms with Crippen molar-refractivity contribution in [3.63, 3.8) is 0 Å². The van der Waals surface area contributed by atoms with Gasteiger partial charge in [0.15, 0.2) is 5.69 Å². The number of benzene rings is 1. The maximum atomic E-state index is 13.5. The van der Waals surface area contributed by atoms with E-state index in [1.165, 1.54) is 11.1 Å². The molecule has 0 saturated carbocycles. The molecule has 1 N–H and O–H groups in total. The Labute approximate surface area is 205 Å². The van der Waals surface area contributed by atoms with Gasteiger partial charge in [-0.2, -0.15) is 5.10 Å². The average molecular weight is 479 g/mol. The summed E-state index contributed by atoms with van der Waals surface area (Å²) in [6.45, 7) is 3.88. The van der Waals surface area contributed by atoms with Gasteiger partial charge in [-0.05, 0) is 63.5 Å². The first-order valence-electron chi connectivity index (χ1n) is 12.8. The van der Waals surface area contributed by atoms with Crippen molar-refractivity contribution in [2.45, 2.75) is 83.5 Å². The summed E-state index contributed by atoms with van der Waals surface area (Å²) in [5.74, 6) is -1.09. The summed E-state index contributed by atoms with van der Waals surface area (Å²) < 4.78 is 1.88. The maximum absolute atomic E-state index is 13.5. The second kappa shape index (κ2) is 9.84. The number of rotatable bonds is 5. The van der Waals surface area contributed by atoms with E-state index in [4.69, 9.17) is 0 Å². The molecule has 2 atom stereocenters. The molecule has 5 rings (SSSR count). The molecule has 8 nitrogen and oxygen atoms in total. The third-order valence-corrected chi connectivity index (χ3v) is 7.85. The largest absolute Gasteiger partial charge is 0.481 e. The van der Waals surface area contributed by atoms with Crippen molar-refractivity contribution in [3.05, 3.63) is 52.8 Å². The van der Waals surface area contributed by atoms with Gasteiger partial charge in [0.2, 0.25) is 5.91 Å². The fourth-order valence-corrected chi connectivity index (χ4v) is 6.10. The quantitative estimate of drug-likeness (QED) is 0.711. The fraction of sp³-hybridized carbons (Fsp3) is 0.556. The monoisotopic (exact) mass is 478 g/mol. The lowest BCUT2D eigenvalue weighted by molar-refractivity contribution is -0.145. The molecule has 2 amide bonds. The van der Waals surface area contributed by atoms with Crippen molar-refractivity contribution >= 4 is 17.8 Å². The Morgan fingerprint density at radius 2 is 1.83 bits per heavy atom. The summed E-state index contributed by atoms with van der Waals surface area (Å²) >= 11 is 0. The van der Waals surface area contributed by atoms with Crippen molar-refractivity contribution in [1.82, 2.24) is 19.6 Å². The van der Waals surface area contributed by atoms with Gasteiger partial charge in [0, 0.05) is 31.6 Å². The molecule has 2 aromatic rings. The Morgan fingerprint density at radius 3 is 2.54 bits per heavy atom. The summed E-state index contributed by atoms with van der Waals surface area (Å²) in [7, 11) is 0. The summed E-state index contributed by atoms with van der Waals surface area (Å²) in [5.41, 5.74) is 3.67. The average Bonchev–Trinajstić information content (AvgIpc) is 3.12. The molecular formula is C27H34N4O4. The lowest BCUT2D eigenvalue weighted by atomic mass is 9.78. The van der Waals surface area contributed by atoms with Gasteiger partial charge >= 0.3 is 5.97 Å². The van der Waals surface area contributed by atoms with Gasteiger partial charge in [0.1, 0.15) is 0 Å². The molecule has 2 unspecified atom stereocenters. The van der Waals surface area contributed by atoms with Crippen molar-refractivity contribution in [2.75, 3.05) is 6.54 Å². The number of aryl methyl sites for hydroxylation is 3. The van der Waals surface area contributed by atoms with Crippen molar-refractivity contribution in [2.24, 2.45) is 5.92 Å². The van der Waals surface area contributed by atoms with Crippen molar-refractivity contribution in [1.29, 1.82) is 0 Å². The van der Waals surface area contributed by atoms with Gasteiger partial charge in [-0.15, -0.1) is 0 Å². The lowest BCUT2D eigenvalue weighted by Crippen LogP contribution is -2.55. The van der Waals surface area contributed by atoms with Gasteiger partial charge in [-0.25, -0.2) is 0 Å². The van der Waals surface area contributed by atoms with Crippen LogP contribution in [0.1, 0.15) is 72.3 Å². The molecule has 3 aliphatic rings. The second-order valence-electron chi connectivity index (χ2n) is 10.4. The number of nitrogens with zero attached hydrogens (tertiary/aromatic N) is 4. The highest BCUT2D eigenvalue weighted by Gasteiger charge is 2.43. The lowest BCUT2D eigenvalue weighted by Gasteiger charge is -2.47. The predicted molar refractivity (Wildman–Crippen MR) is 130 cm³/mol. The number of fused-ring (bicyclic) bond motifs is 3. The molecule has 4 heterocycles. The third kappa shape index (κ3) is 4.97. The Bertz CT molecular complexity index is 1110. The molecule has 2 bridgehead atoms. The Morgan fingerprint density at radius 1 is 1.06 bits per heavy atom. The van der Waals surface area contributed by atoms with Crippen LogP contribution in [0.15, 0.2) is 30.3 Å². The number of amides is 2. The number of piperidine rings is 2. The van der Waals surface area contributed by atoms with Gasteiger partial charge in [0.25, 0.3) is 5.91 Å². The van der Waals surface area contributed by atoms with Crippen molar-refractivity contribution < 1.29 is 19.5 Å². The molecule has 3 aliphatic heterocycles. The molecule has 0 aliphatic carbocycles. The Balaban J connectivity index is 1.26. The van der Waals surface area contributed by atoms with Crippen LogP contribution in [0.25, 0.3) is 0 Å². The highest BCUT2D eigenvalue weighted by atomic mass is 16.4. The minimum atomic E-state index is -0.755. The number of aliphatic carboxylic acids is 1. The molecule has 35 heavy (non-hydrogen) atoms. The number of carbonyl (C=O) groups is 3. The topological polar surface area (TPSA) is 95.7 Å². The summed E-state index contributed by atoms with van der Waals surface area (Å²) in [4.78, 5) is 41.9. The molecule has 8 heteroatoms. The summed E-state index contributed by atoms with van der Waals surface area (Å²) in [5, 5.41) is 14.1. The zero-order valence-corrected chi connectivity index (χ0v) is 20.4. The van der Waals surface area contributed by atoms with Crippen LogP contribution in [0.4, 0.5) is 0 Å². The smallest absolute Gasteiger partial charge is 0.306 e. The molecule has 1 aromatic heterocycles. The number of hydrogen-bond donors (Lipinski definition) is 1. The van der Waals surface area contributed by atoms with Gasteiger partial charge < -0.3 is 14.9 Å². The van der Waals surface area contributed by atoms with E-state index < -0.39 is 5.97 Å². The van der Waals surface area contributed by atoms with Crippen LogP contribution < -0.4 is 0 Å². The number of carboxylic acids is 1. The Kier molecular flexibility index (Phi) is 6.62. The summed E-state index contributed by atoms with van der Waals surface area (Å²) in [6.07, 6.45) is 5.76. The van der Waals surface area contributed by atoms with Gasteiger partial charge in [-0.1, -0.05) is 29.8 Å². The van der Waals surface area contributed by atoms with Crippen LogP contribution in [-0.4, -0.2) is 61.1 Å². The van der Waals surface area contributed by atoms with E-state index in [0.717, 1.165) is 37.8 Å². The zero-order chi connectivity index (χ0) is 24.5. The van der Waals surface area contributed by atoms with E-state index in [1.54, 1.807) is 0 Å². The molecule has 0 spiro atoms. The SMILES string of the molecule is Cc1cccc(CCC(=O)N2CCCn3nc(C(=O)N4C5CCCC4CC(C(=O)O)C5)cc3C2)c1. The fourth-order valence-electron chi connectivity index (χ4n) is 6.10. The normalized spacial score (nSPS) is 24.0. The van der Waals surface area contributed by atoms with Crippen molar-refractivity contribution in [3.8, 4) is 0 Å². The molecule has 1 aromatic carbocycles. The minimum Gasteiger partial charge on any atom is -0.481 e. The minimum absolute atomic E-state index is 0.0303. The molecule has 186 valence electrons. The Hall–Kier alpha value is -3.16. The zero-order valence-electron chi connectivity index (χ0n) is 20.4. The molecular weight excluding hydrogens is 444 g/mol. The predicted octanol–water partition coefficient (Wildman–Crippen LogP) is 3.41. The van der Waals surface area contributed by atoms with E-state index >= 15 is 0 Å². The number of hydrogen-bond acceptors (Lipinski definition) is 4. The van der Waals surface area contributed by atoms with Crippen LogP contribution in [0.3, 0.4) is 0 Å². The van der Waals surface area contributed by atoms with E-state index in [-0.39, 0.29) is 29.8 Å². The number of carboxylic acid groups (broad SMARTS) is 1. The standard InChI is InChI=1S/C27H34N4O4/c1-18-5-2-6-19(13-18)9-10-25(32)29-11-4-12-30-23(17-29)16-24(28-30)26(33)31-21-7-3-8-22(31)15-20(14-21)27(34)35/h2,5-6,13,16,20-22H,3-4,7-12,14-15,17H2,1H3,(H,34,35). The van der Waals surface area contributed by atoms with Crippen LogP contribution in [-0.2, 0) is 29.1 Å². The molecule has 2 fully saturated rings. The van der Waals surface area contributed by atoms with Crippen LogP contribution in [0.5, 0.6) is 0 Å². The van der Waals surface area contributed by atoms with Crippen LogP contribution >= 0.6 is 0 Å². The molecule has 0 radical (unpaired) electrons. The number of aromatic nitrogens is 2. The first-order valence-corrected chi connectivity index (χ1v) is 12.8. The summed E-state index contributed by atoms with van der Waals surface area (Å²) in [6, 6.07) is 10.0. The van der Waals surface area contributed by atoms with Gasteiger partial charge in [-0.3, -0.25) is 19.1 Å². The van der Waals surface area contributed by atoms with Crippen LogP contribution in [0.2, 0.25) is 0 Å². The third-order valence-electron chi connectivity index (χ3n) is 7.85. The first-order chi connectivity index (χ1) is 16.9. The van der Waals surface area contributed by atoms with Crippen LogP contribution in [0, 0.1) is 12.8 Å². The maximum Gasteiger partial charge on any atom is 0.306 e. The highest BCUT2D eigenvalue weighted by molar-refractivity contribution is 5.93. The highest BCUT2D eigenvalue weighted by Crippen LogP contribution is 2.38. The first kappa shape index (κ1) is 23.6. The van der Waals surface area contributed by atoms with E-state index in [1.807, 2.05) is 26.6 Å².